The fourth-order valence-corrected chi connectivity index (χ4v) is 1.34. The maximum Gasteiger partial charge on any atom is 0.0218 e. The van der Waals surface area contributed by atoms with Crippen LogP contribution in [-0.2, 0) is 0 Å². The van der Waals surface area contributed by atoms with Crippen LogP contribution >= 0.6 is 0 Å². The lowest BCUT2D eigenvalue weighted by atomic mass is 9.97. The van der Waals surface area contributed by atoms with Gasteiger partial charge in [-0.2, -0.15) is 0 Å². The highest BCUT2D eigenvalue weighted by Crippen LogP contribution is 2.19. The molecule has 0 spiro atoms. The molecule has 0 radical (unpaired) electrons. The van der Waals surface area contributed by atoms with Gasteiger partial charge in [0, 0.05) is 18.1 Å². The molecule has 1 atom stereocenters. The van der Waals surface area contributed by atoms with Crippen LogP contribution in [0.15, 0.2) is 0 Å². The normalized spacial score (nSPS) is 15.2. The number of hydrogen-bond acceptors (Lipinski definition) is 2. The van der Waals surface area contributed by atoms with Gasteiger partial charge in [-0.05, 0) is 33.7 Å². The molecule has 0 aliphatic rings. The first-order chi connectivity index (χ1) is 5.49. The van der Waals surface area contributed by atoms with E-state index in [1.165, 1.54) is 6.42 Å². The Kier molecular flexibility index (Phi) is 4.80. The predicted molar refractivity (Wildman–Crippen MR) is 55.3 cm³/mol. The van der Waals surface area contributed by atoms with Gasteiger partial charge in [-0.1, -0.05) is 13.8 Å². The molecule has 2 nitrogen and oxygen atoms in total. The molecule has 0 rings (SSSR count). The SMILES string of the molecule is CCC(CN)N(C)C(C)(C)CC. The van der Waals surface area contributed by atoms with Crippen molar-refractivity contribution >= 4 is 0 Å². The molecule has 74 valence electrons. The van der Waals surface area contributed by atoms with Crippen molar-refractivity contribution in [2.45, 2.75) is 52.1 Å². The first-order valence-corrected chi connectivity index (χ1v) is 4.92. The van der Waals surface area contributed by atoms with E-state index in [0.717, 1.165) is 13.0 Å². The molecule has 2 N–H and O–H groups in total. The van der Waals surface area contributed by atoms with Gasteiger partial charge in [-0.15, -0.1) is 0 Å². The van der Waals surface area contributed by atoms with Gasteiger partial charge >= 0.3 is 0 Å². The van der Waals surface area contributed by atoms with E-state index in [4.69, 9.17) is 5.73 Å². The van der Waals surface area contributed by atoms with Crippen LogP contribution in [0.5, 0.6) is 0 Å². The molecule has 0 aliphatic carbocycles. The zero-order valence-corrected chi connectivity index (χ0v) is 9.22. The molecule has 0 aromatic rings. The summed E-state index contributed by atoms with van der Waals surface area (Å²) in [6, 6.07) is 0.528. The largest absolute Gasteiger partial charge is 0.329 e. The van der Waals surface area contributed by atoms with Crippen molar-refractivity contribution in [2.24, 2.45) is 5.73 Å². The fourth-order valence-electron chi connectivity index (χ4n) is 1.34. The summed E-state index contributed by atoms with van der Waals surface area (Å²) in [5.74, 6) is 0. The minimum Gasteiger partial charge on any atom is -0.329 e. The van der Waals surface area contributed by atoms with Crippen molar-refractivity contribution in [1.82, 2.24) is 4.90 Å². The minimum absolute atomic E-state index is 0.278. The summed E-state index contributed by atoms with van der Waals surface area (Å²) in [5.41, 5.74) is 5.97. The second kappa shape index (κ2) is 4.83. The Bertz CT molecular complexity index is 117. The van der Waals surface area contributed by atoms with Crippen LogP contribution < -0.4 is 5.73 Å². The molecule has 2 heteroatoms. The second-order valence-corrected chi connectivity index (χ2v) is 4.07. The van der Waals surface area contributed by atoms with Gasteiger partial charge < -0.3 is 5.73 Å². The van der Waals surface area contributed by atoms with Crippen LogP contribution in [-0.4, -0.2) is 30.1 Å². The third kappa shape index (κ3) is 2.76. The van der Waals surface area contributed by atoms with E-state index in [9.17, 15) is 0 Å². The Morgan fingerprint density at radius 2 is 1.83 bits per heavy atom. The molecular formula is C10H24N2. The Morgan fingerprint density at radius 3 is 2.08 bits per heavy atom. The predicted octanol–water partition coefficient (Wildman–Crippen LogP) is 1.84. The Balaban J connectivity index is 4.23. The van der Waals surface area contributed by atoms with E-state index < -0.39 is 0 Å². The third-order valence-corrected chi connectivity index (χ3v) is 3.11. The van der Waals surface area contributed by atoms with E-state index in [1.807, 2.05) is 0 Å². The summed E-state index contributed by atoms with van der Waals surface area (Å²) >= 11 is 0. The highest BCUT2D eigenvalue weighted by Gasteiger charge is 2.25. The summed E-state index contributed by atoms with van der Waals surface area (Å²) in [5, 5.41) is 0. The third-order valence-electron chi connectivity index (χ3n) is 3.11. The van der Waals surface area contributed by atoms with Crippen molar-refractivity contribution in [1.29, 1.82) is 0 Å². The van der Waals surface area contributed by atoms with Crippen LogP contribution in [0.2, 0.25) is 0 Å². The van der Waals surface area contributed by atoms with Crippen LogP contribution in [0, 0.1) is 0 Å². The van der Waals surface area contributed by atoms with E-state index in [1.54, 1.807) is 0 Å². The lowest BCUT2D eigenvalue weighted by Crippen LogP contribution is -2.49. The quantitative estimate of drug-likeness (QED) is 0.685. The summed E-state index contributed by atoms with van der Waals surface area (Å²) in [6.45, 7) is 9.71. The Labute approximate surface area is 77.1 Å². The van der Waals surface area contributed by atoms with Crippen molar-refractivity contribution in [3.63, 3.8) is 0 Å². The van der Waals surface area contributed by atoms with Gasteiger partial charge in [-0.3, -0.25) is 4.90 Å². The second-order valence-electron chi connectivity index (χ2n) is 4.07. The molecule has 1 unspecified atom stereocenters. The number of likely N-dealkylation sites (N-methyl/N-ethyl adjacent to an activating group) is 1. The van der Waals surface area contributed by atoms with E-state index in [-0.39, 0.29) is 5.54 Å². The van der Waals surface area contributed by atoms with Crippen LogP contribution in [0.25, 0.3) is 0 Å². The summed E-state index contributed by atoms with van der Waals surface area (Å²) in [7, 11) is 2.17. The monoisotopic (exact) mass is 172 g/mol. The molecule has 0 saturated heterocycles. The summed E-state index contributed by atoms with van der Waals surface area (Å²) in [6.07, 6.45) is 2.30. The Morgan fingerprint density at radius 1 is 1.33 bits per heavy atom. The fraction of sp³-hybridized carbons (Fsp3) is 1.00. The first-order valence-electron chi connectivity index (χ1n) is 4.92. The zero-order valence-electron chi connectivity index (χ0n) is 9.22. The molecule has 0 bridgehead atoms. The van der Waals surface area contributed by atoms with Gasteiger partial charge in [0.1, 0.15) is 0 Å². The van der Waals surface area contributed by atoms with Gasteiger partial charge in [0.05, 0.1) is 0 Å². The smallest absolute Gasteiger partial charge is 0.0218 e. The highest BCUT2D eigenvalue weighted by atomic mass is 15.2. The van der Waals surface area contributed by atoms with Crippen molar-refractivity contribution in [3.05, 3.63) is 0 Å². The summed E-state index contributed by atoms with van der Waals surface area (Å²) < 4.78 is 0. The van der Waals surface area contributed by atoms with Crippen LogP contribution in [0.4, 0.5) is 0 Å². The number of nitrogens with two attached hydrogens (primary N) is 1. The molecule has 0 saturated carbocycles. The van der Waals surface area contributed by atoms with Crippen LogP contribution in [0.3, 0.4) is 0 Å². The van der Waals surface area contributed by atoms with Gasteiger partial charge in [-0.25, -0.2) is 0 Å². The lowest BCUT2D eigenvalue weighted by molar-refractivity contribution is 0.0982. The van der Waals surface area contributed by atoms with Gasteiger partial charge in [0.15, 0.2) is 0 Å². The number of rotatable bonds is 5. The van der Waals surface area contributed by atoms with E-state index >= 15 is 0 Å². The Hall–Kier alpha value is -0.0800. The standard InChI is InChI=1S/C10H24N2/c1-6-9(8-11)12(5)10(3,4)7-2/h9H,6-8,11H2,1-5H3. The van der Waals surface area contributed by atoms with Gasteiger partial charge in [0.2, 0.25) is 0 Å². The maximum absolute atomic E-state index is 5.69. The lowest BCUT2D eigenvalue weighted by Gasteiger charge is -2.40. The van der Waals surface area contributed by atoms with Crippen LogP contribution in [0.1, 0.15) is 40.5 Å². The molecular weight excluding hydrogens is 148 g/mol. The van der Waals surface area contributed by atoms with Crippen molar-refractivity contribution in [3.8, 4) is 0 Å². The van der Waals surface area contributed by atoms with E-state index in [2.05, 4.69) is 39.6 Å². The van der Waals surface area contributed by atoms with Crippen molar-refractivity contribution < 1.29 is 0 Å². The topological polar surface area (TPSA) is 29.3 Å². The molecule has 12 heavy (non-hydrogen) atoms. The first kappa shape index (κ1) is 11.9. The molecule has 0 aliphatic heterocycles. The average molecular weight is 172 g/mol. The van der Waals surface area contributed by atoms with Gasteiger partial charge in [0.25, 0.3) is 0 Å². The number of nitrogens with zero attached hydrogens (tertiary/aromatic N) is 1. The average Bonchev–Trinajstić information content (AvgIpc) is 2.06. The molecule has 0 aromatic carbocycles. The molecule has 0 fully saturated rings. The molecule has 0 amide bonds. The van der Waals surface area contributed by atoms with E-state index in [0.29, 0.717) is 6.04 Å². The molecule has 0 aromatic heterocycles. The zero-order chi connectivity index (χ0) is 9.78. The van der Waals surface area contributed by atoms with Crippen molar-refractivity contribution in [2.75, 3.05) is 13.6 Å². The highest BCUT2D eigenvalue weighted by molar-refractivity contribution is 4.82. The summed E-state index contributed by atoms with van der Waals surface area (Å²) in [4.78, 5) is 2.40. The minimum atomic E-state index is 0.278. The molecule has 0 heterocycles. The maximum atomic E-state index is 5.69. The number of hydrogen-bond donors (Lipinski definition) is 1.